The lowest BCUT2D eigenvalue weighted by atomic mass is 10.0. The van der Waals surface area contributed by atoms with Crippen molar-refractivity contribution in [2.75, 3.05) is 0 Å². The molecular formula is C17H21NO4. The summed E-state index contributed by atoms with van der Waals surface area (Å²) in [5, 5.41) is 22.8. The van der Waals surface area contributed by atoms with E-state index in [1.807, 2.05) is 13.0 Å². The molecule has 0 bridgehead atoms. The third kappa shape index (κ3) is 3.68. The number of phenolic OH excluding ortho intramolecular Hbond substituents is 1. The van der Waals surface area contributed by atoms with Crippen LogP contribution >= 0.6 is 0 Å². The largest absolute Gasteiger partial charge is 0.507 e. The maximum atomic E-state index is 12.3. The summed E-state index contributed by atoms with van der Waals surface area (Å²) in [6.45, 7) is 5.42. The van der Waals surface area contributed by atoms with Crippen molar-refractivity contribution in [2.24, 2.45) is 0 Å². The maximum Gasteiger partial charge on any atom is 0.255 e. The van der Waals surface area contributed by atoms with E-state index in [9.17, 15) is 15.0 Å². The zero-order chi connectivity index (χ0) is 16.3. The molecule has 2 aromatic rings. The molecule has 2 unspecified atom stereocenters. The van der Waals surface area contributed by atoms with Crippen molar-refractivity contribution in [3.8, 4) is 5.75 Å². The van der Waals surface area contributed by atoms with E-state index >= 15 is 0 Å². The Morgan fingerprint density at radius 1 is 1.36 bits per heavy atom. The first kappa shape index (κ1) is 16.1. The number of nitrogens with one attached hydrogen (secondary N) is 1. The molecule has 0 radical (unpaired) electrons. The Labute approximate surface area is 129 Å². The van der Waals surface area contributed by atoms with Gasteiger partial charge in [-0.2, -0.15) is 0 Å². The highest BCUT2D eigenvalue weighted by Gasteiger charge is 2.19. The van der Waals surface area contributed by atoms with E-state index < -0.39 is 6.10 Å². The first-order valence-electron chi connectivity index (χ1n) is 7.21. The van der Waals surface area contributed by atoms with Gasteiger partial charge in [-0.3, -0.25) is 4.79 Å². The van der Waals surface area contributed by atoms with Crippen LogP contribution < -0.4 is 5.32 Å². The van der Waals surface area contributed by atoms with Crippen LogP contribution in [0.2, 0.25) is 0 Å². The summed E-state index contributed by atoms with van der Waals surface area (Å²) in [7, 11) is 0. The predicted octanol–water partition coefficient (Wildman–Crippen LogP) is 2.84. The maximum absolute atomic E-state index is 12.3. The number of aliphatic hydroxyl groups is 1. The summed E-state index contributed by atoms with van der Waals surface area (Å²) >= 11 is 0. The van der Waals surface area contributed by atoms with Crippen LogP contribution in [0.5, 0.6) is 5.75 Å². The summed E-state index contributed by atoms with van der Waals surface area (Å²) in [5.74, 6) is 0.0978. The van der Waals surface area contributed by atoms with E-state index in [1.54, 1.807) is 32.0 Å². The van der Waals surface area contributed by atoms with Crippen LogP contribution in [-0.4, -0.2) is 22.2 Å². The molecule has 5 nitrogen and oxygen atoms in total. The van der Waals surface area contributed by atoms with Crippen molar-refractivity contribution in [2.45, 2.75) is 39.3 Å². The van der Waals surface area contributed by atoms with E-state index in [2.05, 4.69) is 5.32 Å². The molecule has 0 aliphatic rings. The van der Waals surface area contributed by atoms with E-state index in [0.717, 1.165) is 5.56 Å². The van der Waals surface area contributed by atoms with Crippen molar-refractivity contribution in [3.05, 3.63) is 53.0 Å². The molecule has 118 valence electrons. The van der Waals surface area contributed by atoms with E-state index in [0.29, 0.717) is 17.7 Å². The molecule has 2 atom stereocenters. The SMILES string of the molecule is Cc1cc(C)c(O)c(C(=O)NC(C)CC(O)c2ccco2)c1. The third-order valence-electron chi connectivity index (χ3n) is 3.52. The fraction of sp³-hybridized carbons (Fsp3) is 0.353. The second kappa shape index (κ2) is 6.66. The number of carbonyl (C=O) groups is 1. The minimum atomic E-state index is -0.779. The molecule has 0 saturated heterocycles. The molecule has 1 heterocycles. The van der Waals surface area contributed by atoms with Gasteiger partial charge in [-0.25, -0.2) is 0 Å². The van der Waals surface area contributed by atoms with Gasteiger partial charge in [0.25, 0.3) is 5.91 Å². The van der Waals surface area contributed by atoms with Crippen LogP contribution in [-0.2, 0) is 0 Å². The van der Waals surface area contributed by atoms with Gasteiger partial charge in [-0.15, -0.1) is 0 Å². The van der Waals surface area contributed by atoms with Crippen molar-refractivity contribution in [1.29, 1.82) is 0 Å². The van der Waals surface area contributed by atoms with Gasteiger partial charge in [-0.05, 0) is 50.1 Å². The van der Waals surface area contributed by atoms with Crippen LogP contribution in [0.15, 0.2) is 34.9 Å². The number of aromatic hydroxyl groups is 1. The number of amides is 1. The van der Waals surface area contributed by atoms with Gasteiger partial charge in [0.15, 0.2) is 0 Å². The molecule has 0 aliphatic heterocycles. The minimum absolute atomic E-state index is 0.0121. The second-order valence-electron chi connectivity index (χ2n) is 5.62. The average molecular weight is 303 g/mol. The number of carbonyl (C=O) groups excluding carboxylic acids is 1. The molecule has 0 aliphatic carbocycles. The van der Waals surface area contributed by atoms with Gasteiger partial charge in [0.05, 0.1) is 11.8 Å². The van der Waals surface area contributed by atoms with Crippen molar-refractivity contribution >= 4 is 5.91 Å². The van der Waals surface area contributed by atoms with Gasteiger partial charge in [0.2, 0.25) is 0 Å². The highest BCUT2D eigenvalue weighted by molar-refractivity contribution is 5.97. The summed E-state index contributed by atoms with van der Waals surface area (Å²) in [6, 6.07) is 6.58. The Bertz CT molecular complexity index is 649. The predicted molar refractivity (Wildman–Crippen MR) is 82.8 cm³/mol. The number of aliphatic hydroxyl groups excluding tert-OH is 1. The lowest BCUT2D eigenvalue weighted by molar-refractivity contribution is 0.0900. The van der Waals surface area contributed by atoms with Gasteiger partial charge >= 0.3 is 0 Å². The topological polar surface area (TPSA) is 82.7 Å². The molecule has 0 fully saturated rings. The number of phenols is 1. The van der Waals surface area contributed by atoms with Gasteiger partial charge < -0.3 is 19.9 Å². The number of rotatable bonds is 5. The fourth-order valence-corrected chi connectivity index (χ4v) is 2.43. The first-order chi connectivity index (χ1) is 10.4. The monoisotopic (exact) mass is 303 g/mol. The van der Waals surface area contributed by atoms with E-state index in [4.69, 9.17) is 4.42 Å². The molecule has 3 N–H and O–H groups in total. The first-order valence-corrected chi connectivity index (χ1v) is 7.21. The molecule has 0 saturated carbocycles. The Hall–Kier alpha value is -2.27. The Morgan fingerprint density at radius 2 is 2.09 bits per heavy atom. The number of hydrogen-bond acceptors (Lipinski definition) is 4. The molecule has 1 aromatic carbocycles. The summed E-state index contributed by atoms with van der Waals surface area (Å²) in [4.78, 5) is 12.3. The molecule has 5 heteroatoms. The molecule has 2 rings (SSSR count). The lowest BCUT2D eigenvalue weighted by Crippen LogP contribution is -2.33. The quantitative estimate of drug-likeness (QED) is 0.793. The molecule has 22 heavy (non-hydrogen) atoms. The number of furan rings is 1. The van der Waals surface area contributed by atoms with E-state index in [1.165, 1.54) is 6.26 Å². The highest BCUT2D eigenvalue weighted by atomic mass is 16.4. The lowest BCUT2D eigenvalue weighted by Gasteiger charge is -2.17. The zero-order valence-electron chi connectivity index (χ0n) is 13.0. The summed E-state index contributed by atoms with van der Waals surface area (Å²) in [6.07, 6.45) is 1.04. The molecular weight excluding hydrogens is 282 g/mol. The second-order valence-corrected chi connectivity index (χ2v) is 5.62. The van der Waals surface area contributed by atoms with Crippen LogP contribution in [0.1, 0.15) is 46.7 Å². The Kier molecular flexibility index (Phi) is 4.88. The number of benzene rings is 1. The van der Waals surface area contributed by atoms with Gasteiger partial charge in [0, 0.05) is 12.5 Å². The van der Waals surface area contributed by atoms with Crippen LogP contribution in [0, 0.1) is 13.8 Å². The third-order valence-corrected chi connectivity index (χ3v) is 3.52. The fourth-order valence-electron chi connectivity index (χ4n) is 2.43. The highest BCUT2D eigenvalue weighted by Crippen LogP contribution is 2.24. The summed E-state index contributed by atoms with van der Waals surface area (Å²) in [5.41, 5.74) is 1.81. The molecule has 0 spiro atoms. The molecule has 1 amide bonds. The Balaban J connectivity index is 2.02. The standard InChI is InChI=1S/C17H21NO4/c1-10-7-11(2)16(20)13(8-10)17(21)18-12(3)9-14(19)15-5-4-6-22-15/h4-8,12,14,19-20H,9H2,1-3H3,(H,18,21). The number of hydrogen-bond donors (Lipinski definition) is 3. The van der Waals surface area contributed by atoms with Crippen LogP contribution in [0.25, 0.3) is 0 Å². The van der Waals surface area contributed by atoms with Gasteiger partial charge in [0.1, 0.15) is 17.6 Å². The average Bonchev–Trinajstić information content (AvgIpc) is 2.96. The van der Waals surface area contributed by atoms with Gasteiger partial charge in [-0.1, -0.05) is 6.07 Å². The van der Waals surface area contributed by atoms with Crippen molar-refractivity contribution in [1.82, 2.24) is 5.32 Å². The smallest absolute Gasteiger partial charge is 0.255 e. The van der Waals surface area contributed by atoms with Crippen LogP contribution in [0.4, 0.5) is 0 Å². The van der Waals surface area contributed by atoms with Crippen molar-refractivity contribution in [3.63, 3.8) is 0 Å². The van der Waals surface area contributed by atoms with E-state index in [-0.39, 0.29) is 23.3 Å². The number of aryl methyl sites for hydroxylation is 2. The van der Waals surface area contributed by atoms with Crippen LogP contribution in [0.3, 0.4) is 0 Å². The normalized spacial score (nSPS) is 13.6. The summed E-state index contributed by atoms with van der Waals surface area (Å²) < 4.78 is 5.13. The Morgan fingerprint density at radius 3 is 2.73 bits per heavy atom. The molecule has 1 aromatic heterocycles. The van der Waals surface area contributed by atoms with Crippen molar-refractivity contribution < 1.29 is 19.4 Å². The zero-order valence-corrected chi connectivity index (χ0v) is 13.0. The minimum Gasteiger partial charge on any atom is -0.507 e.